The lowest BCUT2D eigenvalue weighted by molar-refractivity contribution is -0.121. The van der Waals surface area contributed by atoms with Crippen LogP contribution in [0.1, 0.15) is 36.1 Å². The molecule has 0 bridgehead atoms. The molecule has 140 valence electrons. The predicted octanol–water partition coefficient (Wildman–Crippen LogP) is 1.77. The summed E-state index contributed by atoms with van der Waals surface area (Å²) in [4.78, 5) is 26.4. The Morgan fingerprint density at radius 1 is 1.27 bits per heavy atom. The van der Waals surface area contributed by atoms with Gasteiger partial charge in [0.05, 0.1) is 6.42 Å². The molecule has 6 nitrogen and oxygen atoms in total. The molecule has 1 aliphatic rings. The Morgan fingerprint density at radius 3 is 2.81 bits per heavy atom. The van der Waals surface area contributed by atoms with E-state index in [0.29, 0.717) is 5.56 Å². The zero-order chi connectivity index (χ0) is 18.4. The summed E-state index contributed by atoms with van der Waals surface area (Å²) >= 11 is 0. The molecule has 1 unspecified atom stereocenters. The number of hydrogen-bond acceptors (Lipinski definition) is 3. The molecule has 1 atom stereocenters. The van der Waals surface area contributed by atoms with Gasteiger partial charge in [0.2, 0.25) is 5.91 Å². The van der Waals surface area contributed by atoms with Crippen molar-refractivity contribution in [2.45, 2.75) is 45.1 Å². The van der Waals surface area contributed by atoms with Crippen molar-refractivity contribution in [3.63, 3.8) is 0 Å². The molecule has 0 spiro atoms. The van der Waals surface area contributed by atoms with E-state index in [-0.39, 0.29) is 23.9 Å². The molecule has 1 aromatic carbocycles. The zero-order valence-corrected chi connectivity index (χ0v) is 15.4. The number of likely N-dealkylation sites (tertiary alicyclic amines) is 1. The fourth-order valence-corrected chi connectivity index (χ4v) is 3.65. The zero-order valence-electron chi connectivity index (χ0n) is 15.4. The summed E-state index contributed by atoms with van der Waals surface area (Å²) in [6, 6.07) is 10.7. The number of rotatable bonds is 7. The number of carbonyl (C=O) groups is 1. The molecule has 3 N–H and O–H groups in total. The van der Waals surface area contributed by atoms with Gasteiger partial charge in [-0.15, -0.1) is 0 Å². The van der Waals surface area contributed by atoms with E-state index in [1.165, 1.54) is 5.56 Å². The lowest BCUT2D eigenvalue weighted by Crippen LogP contribution is -2.48. The highest BCUT2D eigenvalue weighted by Crippen LogP contribution is 2.12. The minimum absolute atomic E-state index is 0.0747. The lowest BCUT2D eigenvalue weighted by atomic mass is 10.0. The van der Waals surface area contributed by atoms with E-state index in [1.54, 1.807) is 6.92 Å². The van der Waals surface area contributed by atoms with Crippen LogP contribution in [0.2, 0.25) is 0 Å². The van der Waals surface area contributed by atoms with Crippen LogP contribution in [-0.4, -0.2) is 46.7 Å². The summed E-state index contributed by atoms with van der Waals surface area (Å²) in [6.45, 7) is 4.84. The highest BCUT2D eigenvalue weighted by molar-refractivity contribution is 5.79. The molecule has 1 aliphatic heterocycles. The van der Waals surface area contributed by atoms with Crippen LogP contribution in [0, 0.1) is 6.92 Å². The molecule has 0 saturated carbocycles. The standard InChI is InChI=1S/C20H28N4O2/c1-15-18(20(26)23-22-15)13-19(25)21-17-10-6-12-24(14-17)11-5-9-16-7-3-2-4-8-16/h2-4,7-8,17H,5-6,9-14H2,1H3,(H,21,25)(H2,22,23,26). The van der Waals surface area contributed by atoms with Gasteiger partial charge in [0.1, 0.15) is 0 Å². The average molecular weight is 356 g/mol. The van der Waals surface area contributed by atoms with Crippen LogP contribution in [0.4, 0.5) is 0 Å². The first-order valence-corrected chi connectivity index (χ1v) is 9.43. The van der Waals surface area contributed by atoms with Crippen LogP contribution in [0.5, 0.6) is 0 Å². The molecular formula is C20H28N4O2. The number of carbonyl (C=O) groups excluding carboxylic acids is 1. The number of H-pyrrole nitrogens is 2. The Labute approximate surface area is 154 Å². The molecule has 1 amide bonds. The van der Waals surface area contributed by atoms with Gasteiger partial charge in [-0.3, -0.25) is 14.7 Å². The molecule has 1 aromatic heterocycles. The molecule has 0 aliphatic carbocycles. The van der Waals surface area contributed by atoms with E-state index >= 15 is 0 Å². The quantitative estimate of drug-likeness (QED) is 0.707. The number of amides is 1. The van der Waals surface area contributed by atoms with Crippen molar-refractivity contribution < 1.29 is 4.79 Å². The first kappa shape index (κ1) is 18.5. The smallest absolute Gasteiger partial charge is 0.267 e. The number of aromatic nitrogens is 2. The lowest BCUT2D eigenvalue weighted by Gasteiger charge is -2.33. The summed E-state index contributed by atoms with van der Waals surface area (Å²) < 4.78 is 0. The normalized spacial score (nSPS) is 18.0. The highest BCUT2D eigenvalue weighted by Gasteiger charge is 2.22. The Balaban J connectivity index is 1.43. The number of hydrogen-bond donors (Lipinski definition) is 3. The minimum atomic E-state index is -0.205. The number of benzene rings is 1. The fraction of sp³-hybridized carbons (Fsp3) is 0.500. The number of aromatic amines is 2. The van der Waals surface area contributed by atoms with Crippen molar-refractivity contribution in [3.8, 4) is 0 Å². The number of nitrogens with one attached hydrogen (secondary N) is 3. The summed E-state index contributed by atoms with van der Waals surface area (Å²) in [5.41, 5.74) is 2.43. The predicted molar refractivity (Wildman–Crippen MR) is 102 cm³/mol. The molecule has 1 saturated heterocycles. The van der Waals surface area contributed by atoms with E-state index in [1.807, 2.05) is 6.07 Å². The minimum Gasteiger partial charge on any atom is -0.352 e. The Hall–Kier alpha value is -2.34. The van der Waals surface area contributed by atoms with E-state index < -0.39 is 0 Å². The van der Waals surface area contributed by atoms with Crippen molar-refractivity contribution in [2.75, 3.05) is 19.6 Å². The van der Waals surface area contributed by atoms with Crippen molar-refractivity contribution in [1.82, 2.24) is 20.4 Å². The molecule has 26 heavy (non-hydrogen) atoms. The summed E-state index contributed by atoms with van der Waals surface area (Å²) in [5, 5.41) is 8.39. The molecular weight excluding hydrogens is 328 g/mol. The molecule has 0 radical (unpaired) electrons. The summed E-state index contributed by atoms with van der Waals surface area (Å²) in [6.07, 6.45) is 4.45. The maximum atomic E-state index is 12.3. The average Bonchev–Trinajstić information content (AvgIpc) is 2.95. The molecule has 6 heteroatoms. The Morgan fingerprint density at radius 2 is 2.08 bits per heavy atom. The van der Waals surface area contributed by atoms with E-state index in [2.05, 4.69) is 44.7 Å². The van der Waals surface area contributed by atoms with Crippen molar-refractivity contribution in [2.24, 2.45) is 0 Å². The van der Waals surface area contributed by atoms with Crippen molar-refractivity contribution in [3.05, 3.63) is 57.5 Å². The van der Waals surface area contributed by atoms with Crippen molar-refractivity contribution >= 4 is 5.91 Å². The van der Waals surface area contributed by atoms with Gasteiger partial charge >= 0.3 is 0 Å². The highest BCUT2D eigenvalue weighted by atomic mass is 16.2. The van der Waals surface area contributed by atoms with Crippen LogP contribution in [0.15, 0.2) is 35.1 Å². The van der Waals surface area contributed by atoms with Crippen LogP contribution in [-0.2, 0) is 17.6 Å². The van der Waals surface area contributed by atoms with Crippen LogP contribution >= 0.6 is 0 Å². The summed E-state index contributed by atoms with van der Waals surface area (Å²) in [7, 11) is 0. The molecule has 1 fully saturated rings. The molecule has 2 heterocycles. The molecule has 2 aromatic rings. The topological polar surface area (TPSA) is 81.0 Å². The maximum absolute atomic E-state index is 12.3. The second-order valence-corrected chi connectivity index (χ2v) is 7.16. The van der Waals surface area contributed by atoms with Gasteiger partial charge in [-0.2, -0.15) is 0 Å². The van der Waals surface area contributed by atoms with Crippen LogP contribution < -0.4 is 10.9 Å². The van der Waals surface area contributed by atoms with Gasteiger partial charge in [0.25, 0.3) is 5.56 Å². The number of aryl methyl sites for hydroxylation is 2. The number of piperidine rings is 1. The third kappa shape index (κ3) is 5.08. The van der Waals surface area contributed by atoms with Crippen LogP contribution in [0.3, 0.4) is 0 Å². The van der Waals surface area contributed by atoms with Gasteiger partial charge in [0, 0.05) is 23.8 Å². The van der Waals surface area contributed by atoms with E-state index in [4.69, 9.17) is 0 Å². The SMILES string of the molecule is Cc1[nH][nH]c(=O)c1CC(=O)NC1CCCN(CCCc2ccccc2)C1. The monoisotopic (exact) mass is 356 g/mol. The summed E-state index contributed by atoms with van der Waals surface area (Å²) in [5.74, 6) is -0.0747. The fourth-order valence-electron chi connectivity index (χ4n) is 3.65. The second kappa shape index (κ2) is 8.85. The largest absolute Gasteiger partial charge is 0.352 e. The van der Waals surface area contributed by atoms with Gasteiger partial charge < -0.3 is 15.3 Å². The van der Waals surface area contributed by atoms with Gasteiger partial charge in [0.15, 0.2) is 0 Å². The van der Waals surface area contributed by atoms with E-state index in [0.717, 1.165) is 51.0 Å². The maximum Gasteiger partial charge on any atom is 0.267 e. The second-order valence-electron chi connectivity index (χ2n) is 7.16. The van der Waals surface area contributed by atoms with Gasteiger partial charge in [-0.1, -0.05) is 30.3 Å². The first-order valence-electron chi connectivity index (χ1n) is 9.43. The Kier molecular flexibility index (Phi) is 6.28. The van der Waals surface area contributed by atoms with E-state index in [9.17, 15) is 9.59 Å². The third-order valence-corrected chi connectivity index (χ3v) is 5.08. The number of nitrogens with zero attached hydrogens (tertiary/aromatic N) is 1. The Bertz CT molecular complexity index is 766. The third-order valence-electron chi connectivity index (χ3n) is 5.08. The molecule has 3 rings (SSSR count). The van der Waals surface area contributed by atoms with Crippen molar-refractivity contribution in [1.29, 1.82) is 0 Å². The van der Waals surface area contributed by atoms with Crippen LogP contribution in [0.25, 0.3) is 0 Å². The first-order chi connectivity index (χ1) is 12.6. The van der Waals surface area contributed by atoms with Gasteiger partial charge in [-0.25, -0.2) is 0 Å². The van der Waals surface area contributed by atoms with Gasteiger partial charge in [-0.05, 0) is 51.3 Å².